The van der Waals surface area contributed by atoms with Crippen LogP contribution in [0, 0.1) is 0 Å². The van der Waals surface area contributed by atoms with Crippen LogP contribution in [0.4, 0.5) is 0 Å². The molecular formula is C16H17N5O2. The summed E-state index contributed by atoms with van der Waals surface area (Å²) in [6.45, 7) is 6.22. The third-order valence-electron chi connectivity index (χ3n) is 3.47. The fraction of sp³-hybridized carbons (Fsp3) is 0.250. The Labute approximate surface area is 132 Å². The van der Waals surface area contributed by atoms with Gasteiger partial charge < -0.3 is 9.72 Å². The zero-order chi connectivity index (χ0) is 16.4. The number of ether oxygens (including phenoxy) is 1. The fourth-order valence-corrected chi connectivity index (χ4v) is 2.53. The summed E-state index contributed by atoms with van der Waals surface area (Å²) < 4.78 is 7.13. The maximum absolute atomic E-state index is 12.4. The van der Waals surface area contributed by atoms with Gasteiger partial charge >= 0.3 is 0 Å². The van der Waals surface area contributed by atoms with E-state index in [0.717, 1.165) is 5.56 Å². The molecule has 1 aromatic carbocycles. The van der Waals surface area contributed by atoms with E-state index >= 15 is 0 Å². The lowest BCUT2D eigenvalue weighted by molar-refractivity contribution is 0.341. The minimum Gasteiger partial charge on any atom is -0.493 e. The van der Waals surface area contributed by atoms with Gasteiger partial charge in [-0.15, -0.1) is 0 Å². The van der Waals surface area contributed by atoms with Gasteiger partial charge in [0, 0.05) is 7.05 Å². The third kappa shape index (κ3) is 2.61. The molecule has 0 aliphatic heterocycles. The van der Waals surface area contributed by atoms with E-state index in [9.17, 15) is 4.79 Å². The third-order valence-corrected chi connectivity index (χ3v) is 3.47. The van der Waals surface area contributed by atoms with Crippen molar-refractivity contribution < 1.29 is 4.74 Å². The molecule has 0 aliphatic carbocycles. The Morgan fingerprint density at radius 1 is 1.39 bits per heavy atom. The van der Waals surface area contributed by atoms with Gasteiger partial charge in [-0.1, -0.05) is 12.1 Å². The topological polar surface area (TPSA) is 85.2 Å². The fourth-order valence-electron chi connectivity index (χ4n) is 2.53. The van der Waals surface area contributed by atoms with Gasteiger partial charge in [0.25, 0.3) is 5.56 Å². The summed E-state index contributed by atoms with van der Waals surface area (Å²) >= 11 is 0. The summed E-state index contributed by atoms with van der Waals surface area (Å²) in [7, 11) is 1.71. The predicted octanol–water partition coefficient (Wildman–Crippen LogP) is 1.92. The SMILES string of the molecule is C=NCc1nn(C)c2c(=O)[nH]c(-c3ccccc3OCC)nc12. The first-order chi connectivity index (χ1) is 11.2. The molecular weight excluding hydrogens is 294 g/mol. The Hall–Kier alpha value is -2.96. The average molecular weight is 311 g/mol. The summed E-state index contributed by atoms with van der Waals surface area (Å²) in [4.78, 5) is 23.7. The second-order valence-electron chi connectivity index (χ2n) is 4.99. The molecule has 7 nitrogen and oxygen atoms in total. The standard InChI is InChI=1S/C16H17N5O2/c1-4-23-12-8-6-5-7-10(12)15-18-13-11(9-17-2)20-21(3)14(13)16(22)19-15/h5-8H,2,4,9H2,1,3H3,(H,18,19,22). The smallest absolute Gasteiger partial charge is 0.277 e. The molecule has 0 unspecified atom stereocenters. The highest BCUT2D eigenvalue weighted by Crippen LogP contribution is 2.27. The molecule has 0 bridgehead atoms. The molecule has 0 aliphatic rings. The molecule has 23 heavy (non-hydrogen) atoms. The molecule has 0 amide bonds. The lowest BCUT2D eigenvalue weighted by atomic mass is 10.2. The molecule has 0 radical (unpaired) electrons. The molecule has 0 atom stereocenters. The zero-order valence-electron chi connectivity index (χ0n) is 13.0. The van der Waals surface area contributed by atoms with Crippen molar-refractivity contribution in [1.82, 2.24) is 19.7 Å². The highest BCUT2D eigenvalue weighted by Gasteiger charge is 2.16. The van der Waals surface area contributed by atoms with Crippen molar-refractivity contribution in [1.29, 1.82) is 0 Å². The van der Waals surface area contributed by atoms with Gasteiger partial charge in [0.2, 0.25) is 0 Å². The van der Waals surface area contributed by atoms with Crippen molar-refractivity contribution in [2.45, 2.75) is 13.5 Å². The van der Waals surface area contributed by atoms with Crippen molar-refractivity contribution in [3.05, 3.63) is 40.3 Å². The Morgan fingerprint density at radius 3 is 2.91 bits per heavy atom. The molecule has 3 aromatic rings. The van der Waals surface area contributed by atoms with Crippen LogP contribution < -0.4 is 10.3 Å². The van der Waals surface area contributed by atoms with Crippen LogP contribution in [0.2, 0.25) is 0 Å². The molecule has 0 fully saturated rings. The van der Waals surface area contributed by atoms with Gasteiger partial charge in [0.05, 0.1) is 18.7 Å². The molecule has 3 rings (SSSR count). The number of para-hydroxylation sites is 1. The second kappa shape index (κ2) is 6.04. The average Bonchev–Trinajstić information content (AvgIpc) is 2.85. The monoisotopic (exact) mass is 311 g/mol. The number of fused-ring (bicyclic) bond motifs is 1. The maximum atomic E-state index is 12.4. The molecule has 0 saturated heterocycles. The first kappa shape index (κ1) is 15.0. The number of aliphatic imine (C=N–C) groups is 1. The Bertz CT molecular complexity index is 926. The van der Waals surface area contributed by atoms with Crippen LogP contribution in [0.1, 0.15) is 12.6 Å². The minimum atomic E-state index is -0.249. The number of aromatic amines is 1. The molecule has 2 heterocycles. The van der Waals surface area contributed by atoms with E-state index in [1.807, 2.05) is 31.2 Å². The van der Waals surface area contributed by atoms with E-state index in [2.05, 4.69) is 26.8 Å². The van der Waals surface area contributed by atoms with Crippen LogP contribution in [0.25, 0.3) is 22.4 Å². The van der Waals surface area contributed by atoms with E-state index in [1.165, 1.54) is 4.68 Å². The minimum absolute atomic E-state index is 0.249. The van der Waals surface area contributed by atoms with Gasteiger partial charge in [-0.2, -0.15) is 5.10 Å². The number of rotatable bonds is 5. The largest absolute Gasteiger partial charge is 0.493 e. The Morgan fingerprint density at radius 2 is 2.17 bits per heavy atom. The Balaban J connectivity index is 2.26. The van der Waals surface area contributed by atoms with Crippen LogP contribution >= 0.6 is 0 Å². The van der Waals surface area contributed by atoms with Crippen molar-refractivity contribution in [3.8, 4) is 17.1 Å². The van der Waals surface area contributed by atoms with Crippen molar-refractivity contribution >= 4 is 17.8 Å². The van der Waals surface area contributed by atoms with Gasteiger partial charge in [0.1, 0.15) is 22.8 Å². The summed E-state index contributed by atoms with van der Waals surface area (Å²) in [5.41, 5.74) is 2.06. The second-order valence-corrected chi connectivity index (χ2v) is 4.99. The first-order valence-electron chi connectivity index (χ1n) is 7.26. The van der Waals surface area contributed by atoms with Crippen molar-refractivity contribution in [2.24, 2.45) is 12.0 Å². The van der Waals surface area contributed by atoms with Crippen LogP contribution in [0.3, 0.4) is 0 Å². The highest BCUT2D eigenvalue weighted by atomic mass is 16.5. The molecule has 0 saturated carbocycles. The lowest BCUT2D eigenvalue weighted by Crippen LogP contribution is -2.12. The van der Waals surface area contributed by atoms with Crippen LogP contribution in [0.5, 0.6) is 5.75 Å². The van der Waals surface area contributed by atoms with E-state index in [-0.39, 0.29) is 5.56 Å². The zero-order valence-corrected chi connectivity index (χ0v) is 13.0. The number of hydrogen-bond donors (Lipinski definition) is 1. The number of benzene rings is 1. The first-order valence-corrected chi connectivity index (χ1v) is 7.26. The number of hydrogen-bond acceptors (Lipinski definition) is 5. The number of aryl methyl sites for hydroxylation is 1. The number of H-pyrrole nitrogens is 1. The lowest BCUT2D eigenvalue weighted by Gasteiger charge is -2.09. The summed E-state index contributed by atoms with van der Waals surface area (Å²) in [5, 5.41) is 4.30. The van der Waals surface area contributed by atoms with Gasteiger partial charge in [-0.25, -0.2) is 4.98 Å². The van der Waals surface area contributed by atoms with Crippen LogP contribution in [0.15, 0.2) is 34.1 Å². The predicted molar refractivity (Wildman–Crippen MR) is 89.0 cm³/mol. The molecule has 7 heteroatoms. The van der Waals surface area contributed by atoms with Crippen LogP contribution in [-0.2, 0) is 13.6 Å². The van der Waals surface area contributed by atoms with E-state index in [0.29, 0.717) is 41.5 Å². The highest BCUT2D eigenvalue weighted by molar-refractivity contribution is 5.79. The number of nitrogens with one attached hydrogen (secondary N) is 1. The summed E-state index contributed by atoms with van der Waals surface area (Å²) in [5.74, 6) is 1.12. The molecule has 0 spiro atoms. The van der Waals surface area contributed by atoms with Gasteiger partial charge in [-0.3, -0.25) is 14.5 Å². The quantitative estimate of drug-likeness (QED) is 0.730. The van der Waals surface area contributed by atoms with E-state index in [1.54, 1.807) is 7.05 Å². The maximum Gasteiger partial charge on any atom is 0.277 e. The van der Waals surface area contributed by atoms with Crippen molar-refractivity contribution in [2.75, 3.05) is 6.61 Å². The number of nitrogens with zero attached hydrogens (tertiary/aromatic N) is 4. The molecule has 118 valence electrons. The summed E-state index contributed by atoms with van der Waals surface area (Å²) in [6.07, 6.45) is 0. The van der Waals surface area contributed by atoms with E-state index < -0.39 is 0 Å². The normalized spacial score (nSPS) is 10.9. The summed E-state index contributed by atoms with van der Waals surface area (Å²) in [6, 6.07) is 7.45. The number of aromatic nitrogens is 4. The van der Waals surface area contributed by atoms with Crippen LogP contribution in [-0.4, -0.2) is 33.1 Å². The Kier molecular flexibility index (Phi) is 3.92. The van der Waals surface area contributed by atoms with E-state index in [4.69, 9.17) is 4.74 Å². The molecule has 1 N–H and O–H groups in total. The van der Waals surface area contributed by atoms with Gasteiger partial charge in [0.15, 0.2) is 5.52 Å². The van der Waals surface area contributed by atoms with Gasteiger partial charge in [-0.05, 0) is 25.8 Å². The van der Waals surface area contributed by atoms with Crippen molar-refractivity contribution in [3.63, 3.8) is 0 Å². The molecule has 2 aromatic heterocycles.